The minimum Gasteiger partial charge on any atom is -0.444 e. The van der Waals surface area contributed by atoms with Gasteiger partial charge in [0.25, 0.3) is 0 Å². The normalized spacial score (nSPS) is 14.7. The fraction of sp³-hybridized carbons (Fsp3) is 0.500. The third-order valence-corrected chi connectivity index (χ3v) is 3.58. The second-order valence-electron chi connectivity index (χ2n) is 6.75. The van der Waals surface area contributed by atoms with E-state index < -0.39 is 11.7 Å². The molecule has 27 heavy (non-hydrogen) atoms. The molecule has 2 aromatic rings. The number of amides is 1. The van der Waals surface area contributed by atoms with Crippen molar-refractivity contribution in [2.24, 2.45) is 0 Å². The molecule has 0 saturated carbocycles. The van der Waals surface area contributed by atoms with E-state index >= 15 is 0 Å². The molecule has 0 aliphatic carbocycles. The Morgan fingerprint density at radius 1 is 1.19 bits per heavy atom. The van der Waals surface area contributed by atoms with Crippen LogP contribution in [0.2, 0.25) is 5.28 Å². The molecule has 0 unspecified atom stereocenters. The molecular formula is C16H20ClN7O3. The Hall–Kier alpha value is -2.59. The van der Waals surface area contributed by atoms with Gasteiger partial charge in [-0.2, -0.15) is 15.0 Å². The van der Waals surface area contributed by atoms with Gasteiger partial charge in [-0.25, -0.2) is 14.8 Å². The van der Waals surface area contributed by atoms with Crippen molar-refractivity contribution < 1.29 is 14.3 Å². The van der Waals surface area contributed by atoms with Crippen LogP contribution in [-0.4, -0.2) is 62.9 Å². The number of ether oxygens (including phenoxy) is 2. The Balaban J connectivity index is 1.75. The number of carbonyl (C=O) groups is 1. The Kier molecular flexibility index (Phi) is 5.66. The van der Waals surface area contributed by atoms with E-state index in [0.717, 1.165) is 0 Å². The SMILES string of the molecule is CC(C)(C)OC(=O)Nc1ncc(-c2nc(Cl)nc(N3CCOCC3)n2)cn1. The Morgan fingerprint density at radius 2 is 1.85 bits per heavy atom. The molecule has 0 radical (unpaired) electrons. The smallest absolute Gasteiger partial charge is 0.414 e. The van der Waals surface area contributed by atoms with Crippen LogP contribution in [0.1, 0.15) is 20.8 Å². The van der Waals surface area contributed by atoms with Gasteiger partial charge in [0, 0.05) is 25.5 Å². The van der Waals surface area contributed by atoms with Crippen molar-refractivity contribution in [2.75, 3.05) is 36.5 Å². The minimum atomic E-state index is -0.631. The van der Waals surface area contributed by atoms with E-state index in [1.807, 2.05) is 4.90 Å². The fourth-order valence-electron chi connectivity index (χ4n) is 2.28. The van der Waals surface area contributed by atoms with Crippen LogP contribution >= 0.6 is 11.6 Å². The zero-order valence-electron chi connectivity index (χ0n) is 15.3. The van der Waals surface area contributed by atoms with Gasteiger partial charge in [0.1, 0.15) is 5.60 Å². The molecule has 1 fully saturated rings. The quantitative estimate of drug-likeness (QED) is 0.837. The highest BCUT2D eigenvalue weighted by molar-refractivity contribution is 6.28. The van der Waals surface area contributed by atoms with Gasteiger partial charge in [-0.05, 0) is 32.4 Å². The van der Waals surface area contributed by atoms with Crippen LogP contribution in [0.5, 0.6) is 0 Å². The van der Waals surface area contributed by atoms with Crippen LogP contribution in [0.3, 0.4) is 0 Å². The van der Waals surface area contributed by atoms with Crippen molar-refractivity contribution in [3.8, 4) is 11.4 Å². The van der Waals surface area contributed by atoms with Gasteiger partial charge in [-0.15, -0.1) is 0 Å². The van der Waals surface area contributed by atoms with Crippen molar-refractivity contribution in [3.05, 3.63) is 17.7 Å². The summed E-state index contributed by atoms with van der Waals surface area (Å²) in [5, 5.41) is 2.55. The lowest BCUT2D eigenvalue weighted by atomic mass is 10.2. The van der Waals surface area contributed by atoms with E-state index in [0.29, 0.717) is 43.6 Å². The first-order valence-corrected chi connectivity index (χ1v) is 8.75. The number of hydrogen-bond acceptors (Lipinski definition) is 9. The van der Waals surface area contributed by atoms with Gasteiger partial charge in [-0.1, -0.05) is 0 Å². The lowest BCUT2D eigenvalue weighted by molar-refractivity contribution is 0.0634. The van der Waals surface area contributed by atoms with Crippen molar-refractivity contribution in [3.63, 3.8) is 0 Å². The zero-order valence-corrected chi connectivity index (χ0v) is 16.0. The first-order chi connectivity index (χ1) is 12.8. The zero-order chi connectivity index (χ0) is 19.4. The van der Waals surface area contributed by atoms with Crippen molar-refractivity contribution in [1.29, 1.82) is 0 Å². The Morgan fingerprint density at radius 3 is 2.48 bits per heavy atom. The second kappa shape index (κ2) is 7.97. The van der Waals surface area contributed by atoms with Crippen LogP contribution in [0.25, 0.3) is 11.4 Å². The van der Waals surface area contributed by atoms with E-state index in [2.05, 4.69) is 30.2 Å². The lowest BCUT2D eigenvalue weighted by Gasteiger charge is -2.26. The molecule has 0 spiro atoms. The van der Waals surface area contributed by atoms with Crippen LogP contribution in [0, 0.1) is 0 Å². The highest BCUT2D eigenvalue weighted by Crippen LogP contribution is 2.20. The maximum Gasteiger partial charge on any atom is 0.414 e. The minimum absolute atomic E-state index is 0.0810. The molecule has 144 valence electrons. The molecule has 10 nitrogen and oxygen atoms in total. The van der Waals surface area contributed by atoms with Gasteiger partial charge in [-0.3, -0.25) is 5.32 Å². The van der Waals surface area contributed by atoms with E-state index in [-0.39, 0.29) is 11.2 Å². The predicted octanol–water partition coefficient (Wildman–Crippen LogP) is 2.17. The average molecular weight is 394 g/mol. The van der Waals surface area contributed by atoms with Gasteiger partial charge in [0.05, 0.1) is 18.8 Å². The number of rotatable bonds is 3. The largest absolute Gasteiger partial charge is 0.444 e. The average Bonchev–Trinajstić information content (AvgIpc) is 2.61. The highest BCUT2D eigenvalue weighted by Gasteiger charge is 2.18. The molecule has 0 atom stereocenters. The molecule has 1 aliphatic rings. The molecule has 1 aliphatic heterocycles. The summed E-state index contributed by atoms with van der Waals surface area (Å²) in [4.78, 5) is 34.7. The van der Waals surface area contributed by atoms with Crippen molar-refractivity contribution >= 4 is 29.6 Å². The summed E-state index contributed by atoms with van der Waals surface area (Å²) in [6.07, 6.45) is 2.36. The fourth-order valence-corrected chi connectivity index (χ4v) is 2.43. The molecule has 11 heteroatoms. The Labute approximate surface area is 161 Å². The van der Waals surface area contributed by atoms with Gasteiger partial charge < -0.3 is 14.4 Å². The molecule has 2 aromatic heterocycles. The van der Waals surface area contributed by atoms with Crippen LogP contribution in [0.4, 0.5) is 16.7 Å². The Bertz CT molecular complexity index is 805. The monoisotopic (exact) mass is 393 g/mol. The molecular weight excluding hydrogens is 374 g/mol. The van der Waals surface area contributed by atoms with E-state index in [1.165, 1.54) is 12.4 Å². The summed E-state index contributed by atoms with van der Waals surface area (Å²) in [6.45, 7) is 7.87. The number of hydrogen-bond donors (Lipinski definition) is 1. The topological polar surface area (TPSA) is 115 Å². The molecule has 0 aromatic carbocycles. The molecule has 3 heterocycles. The number of nitrogens with one attached hydrogen (secondary N) is 1. The van der Waals surface area contributed by atoms with Crippen LogP contribution < -0.4 is 10.2 Å². The lowest BCUT2D eigenvalue weighted by Crippen LogP contribution is -2.37. The maximum atomic E-state index is 11.8. The molecule has 0 bridgehead atoms. The number of halogens is 1. The van der Waals surface area contributed by atoms with Crippen molar-refractivity contribution in [2.45, 2.75) is 26.4 Å². The number of carbonyl (C=O) groups excluding carboxylic acids is 1. The summed E-state index contributed by atoms with van der Waals surface area (Å²) in [6, 6.07) is 0. The summed E-state index contributed by atoms with van der Waals surface area (Å²) < 4.78 is 10.5. The number of nitrogens with zero attached hydrogens (tertiary/aromatic N) is 6. The third-order valence-electron chi connectivity index (χ3n) is 3.41. The first-order valence-electron chi connectivity index (χ1n) is 8.37. The third kappa shape index (κ3) is 5.44. The summed E-state index contributed by atoms with van der Waals surface area (Å²) in [5.74, 6) is 0.936. The van der Waals surface area contributed by atoms with Crippen LogP contribution in [0.15, 0.2) is 12.4 Å². The van der Waals surface area contributed by atoms with Gasteiger partial charge >= 0.3 is 6.09 Å². The molecule has 1 amide bonds. The molecule has 1 saturated heterocycles. The van der Waals surface area contributed by atoms with E-state index in [9.17, 15) is 4.79 Å². The van der Waals surface area contributed by atoms with E-state index in [4.69, 9.17) is 21.1 Å². The first kappa shape index (κ1) is 19.2. The highest BCUT2D eigenvalue weighted by atomic mass is 35.5. The number of aromatic nitrogens is 5. The maximum absolute atomic E-state index is 11.8. The predicted molar refractivity (Wildman–Crippen MR) is 98.8 cm³/mol. The van der Waals surface area contributed by atoms with Gasteiger partial charge in [0.15, 0.2) is 5.82 Å². The summed E-state index contributed by atoms with van der Waals surface area (Å²) in [7, 11) is 0. The number of anilines is 2. The van der Waals surface area contributed by atoms with Crippen molar-refractivity contribution in [1.82, 2.24) is 24.9 Å². The summed E-state index contributed by atoms with van der Waals surface area (Å²) in [5.41, 5.74) is -0.0646. The standard InChI is InChI=1S/C16H20ClN7O3/c1-16(2,3)27-15(25)23-13-18-8-10(9-19-13)11-20-12(17)22-14(21-11)24-4-6-26-7-5-24/h8-9H,4-7H2,1-3H3,(H,18,19,23,25). The van der Waals surface area contributed by atoms with E-state index in [1.54, 1.807) is 20.8 Å². The van der Waals surface area contributed by atoms with Gasteiger partial charge in [0.2, 0.25) is 17.2 Å². The summed E-state index contributed by atoms with van der Waals surface area (Å²) >= 11 is 6.05. The number of morpholine rings is 1. The van der Waals surface area contributed by atoms with Crippen LogP contribution in [-0.2, 0) is 9.47 Å². The molecule has 3 rings (SSSR count). The second-order valence-corrected chi connectivity index (χ2v) is 7.09. The molecule has 1 N–H and O–H groups in total.